The number of nitrogens with zero attached hydrogens (tertiary/aromatic N) is 1. The van der Waals surface area contributed by atoms with E-state index < -0.39 is 0 Å². The van der Waals surface area contributed by atoms with Gasteiger partial charge in [-0.2, -0.15) is 0 Å². The van der Waals surface area contributed by atoms with Gasteiger partial charge in [-0.3, -0.25) is 4.90 Å². The summed E-state index contributed by atoms with van der Waals surface area (Å²) in [6.07, 6.45) is 1.24. The van der Waals surface area contributed by atoms with E-state index >= 15 is 0 Å². The Morgan fingerprint density at radius 1 is 1.50 bits per heavy atom. The van der Waals surface area contributed by atoms with E-state index in [9.17, 15) is 0 Å². The van der Waals surface area contributed by atoms with Gasteiger partial charge >= 0.3 is 0 Å². The Morgan fingerprint density at radius 2 is 2.21 bits per heavy atom. The van der Waals surface area contributed by atoms with Crippen molar-refractivity contribution >= 4 is 0 Å². The van der Waals surface area contributed by atoms with Crippen LogP contribution in [-0.2, 0) is 4.74 Å². The van der Waals surface area contributed by atoms with Gasteiger partial charge in [0, 0.05) is 26.2 Å². The van der Waals surface area contributed by atoms with E-state index in [2.05, 4.69) is 31.0 Å². The molecule has 1 rings (SSSR count). The minimum atomic E-state index is -0.0238. The largest absolute Gasteiger partial charge is 0.377 e. The first kappa shape index (κ1) is 12.0. The van der Waals surface area contributed by atoms with Crippen LogP contribution in [0.3, 0.4) is 0 Å². The summed E-state index contributed by atoms with van der Waals surface area (Å²) in [4.78, 5) is 2.49. The standard InChI is InChI=1S/C11H24N2O/c1-10-8-13(7-5-6-12-10)9-11(2,3)14-4/h10,12H,5-9H2,1-4H3. The average Bonchev–Trinajstić information content (AvgIpc) is 2.29. The Kier molecular flexibility index (Phi) is 4.35. The smallest absolute Gasteiger partial charge is 0.0749 e. The zero-order chi connectivity index (χ0) is 10.6. The monoisotopic (exact) mass is 200 g/mol. The molecule has 0 amide bonds. The molecule has 1 aliphatic heterocycles. The van der Waals surface area contributed by atoms with Gasteiger partial charge in [0.1, 0.15) is 0 Å². The number of ether oxygens (including phenoxy) is 1. The highest BCUT2D eigenvalue weighted by molar-refractivity contribution is 4.79. The molecule has 84 valence electrons. The van der Waals surface area contributed by atoms with Crippen LogP contribution in [0.2, 0.25) is 0 Å². The lowest BCUT2D eigenvalue weighted by molar-refractivity contribution is -0.00744. The Morgan fingerprint density at radius 3 is 2.86 bits per heavy atom. The zero-order valence-corrected chi connectivity index (χ0v) is 9.97. The Labute approximate surface area is 87.8 Å². The van der Waals surface area contributed by atoms with Gasteiger partial charge in [-0.05, 0) is 40.3 Å². The second-order valence-corrected chi connectivity index (χ2v) is 4.91. The van der Waals surface area contributed by atoms with Crippen molar-refractivity contribution in [2.24, 2.45) is 0 Å². The molecule has 14 heavy (non-hydrogen) atoms. The van der Waals surface area contributed by atoms with E-state index in [-0.39, 0.29) is 5.60 Å². The molecule has 0 aromatic rings. The summed E-state index contributed by atoms with van der Waals surface area (Å²) in [7, 11) is 1.79. The van der Waals surface area contributed by atoms with Crippen LogP contribution in [0.25, 0.3) is 0 Å². The molecule has 0 aliphatic carbocycles. The topological polar surface area (TPSA) is 24.5 Å². The molecule has 0 bridgehead atoms. The maximum atomic E-state index is 5.45. The van der Waals surface area contributed by atoms with Crippen molar-refractivity contribution in [3.8, 4) is 0 Å². The molecule has 1 saturated heterocycles. The third kappa shape index (κ3) is 3.95. The predicted molar refractivity (Wildman–Crippen MR) is 59.6 cm³/mol. The molecule has 1 unspecified atom stereocenters. The van der Waals surface area contributed by atoms with Crippen molar-refractivity contribution in [1.29, 1.82) is 0 Å². The van der Waals surface area contributed by atoms with Gasteiger partial charge in [0.2, 0.25) is 0 Å². The van der Waals surface area contributed by atoms with E-state index in [1.165, 1.54) is 13.0 Å². The highest BCUT2D eigenvalue weighted by Crippen LogP contribution is 2.11. The summed E-state index contributed by atoms with van der Waals surface area (Å²) < 4.78 is 5.45. The second kappa shape index (κ2) is 5.10. The molecular formula is C11H24N2O. The van der Waals surface area contributed by atoms with Crippen molar-refractivity contribution in [1.82, 2.24) is 10.2 Å². The van der Waals surface area contributed by atoms with Gasteiger partial charge in [0.15, 0.2) is 0 Å². The highest BCUT2D eigenvalue weighted by atomic mass is 16.5. The van der Waals surface area contributed by atoms with Crippen molar-refractivity contribution in [2.45, 2.75) is 38.8 Å². The van der Waals surface area contributed by atoms with Crippen LogP contribution in [0.4, 0.5) is 0 Å². The molecule has 0 spiro atoms. The molecule has 0 saturated carbocycles. The quantitative estimate of drug-likeness (QED) is 0.738. The predicted octanol–water partition coefficient (Wildman–Crippen LogP) is 1.10. The Hall–Kier alpha value is -0.120. The first-order valence-corrected chi connectivity index (χ1v) is 5.54. The zero-order valence-electron chi connectivity index (χ0n) is 9.97. The van der Waals surface area contributed by atoms with Gasteiger partial charge in [-0.15, -0.1) is 0 Å². The number of hydrogen-bond donors (Lipinski definition) is 1. The molecule has 1 N–H and O–H groups in total. The van der Waals surface area contributed by atoms with Crippen molar-refractivity contribution in [3.63, 3.8) is 0 Å². The summed E-state index contributed by atoms with van der Waals surface area (Å²) >= 11 is 0. The van der Waals surface area contributed by atoms with E-state index in [4.69, 9.17) is 4.74 Å². The minimum absolute atomic E-state index is 0.0238. The van der Waals surface area contributed by atoms with Gasteiger partial charge in [-0.25, -0.2) is 0 Å². The van der Waals surface area contributed by atoms with E-state index in [0.717, 1.165) is 19.6 Å². The normalized spacial score (nSPS) is 26.1. The molecule has 1 atom stereocenters. The maximum Gasteiger partial charge on any atom is 0.0749 e. The van der Waals surface area contributed by atoms with Crippen LogP contribution in [0.15, 0.2) is 0 Å². The molecule has 3 nitrogen and oxygen atoms in total. The molecule has 3 heteroatoms. The van der Waals surface area contributed by atoms with Gasteiger partial charge in [-0.1, -0.05) is 0 Å². The van der Waals surface area contributed by atoms with Gasteiger partial charge < -0.3 is 10.1 Å². The SMILES string of the molecule is COC(C)(C)CN1CCCNC(C)C1. The van der Waals surface area contributed by atoms with Crippen LogP contribution < -0.4 is 5.32 Å². The van der Waals surface area contributed by atoms with Crippen molar-refractivity contribution < 1.29 is 4.74 Å². The lowest BCUT2D eigenvalue weighted by Gasteiger charge is -2.31. The number of nitrogens with one attached hydrogen (secondary N) is 1. The number of rotatable bonds is 3. The molecular weight excluding hydrogens is 176 g/mol. The highest BCUT2D eigenvalue weighted by Gasteiger charge is 2.23. The molecule has 1 heterocycles. The summed E-state index contributed by atoms with van der Waals surface area (Å²) in [5, 5.41) is 3.50. The summed E-state index contributed by atoms with van der Waals surface area (Å²) in [5.74, 6) is 0. The van der Waals surface area contributed by atoms with E-state index in [1.807, 2.05) is 0 Å². The minimum Gasteiger partial charge on any atom is -0.377 e. The van der Waals surface area contributed by atoms with Crippen LogP contribution in [-0.4, -0.2) is 49.8 Å². The summed E-state index contributed by atoms with van der Waals surface area (Å²) in [6, 6.07) is 0.602. The molecule has 1 fully saturated rings. The lowest BCUT2D eigenvalue weighted by Crippen LogP contribution is -2.43. The van der Waals surface area contributed by atoms with Crippen LogP contribution >= 0.6 is 0 Å². The third-order valence-corrected chi connectivity index (χ3v) is 2.83. The average molecular weight is 200 g/mol. The Balaban J connectivity index is 2.42. The van der Waals surface area contributed by atoms with Crippen LogP contribution in [0.1, 0.15) is 27.2 Å². The summed E-state index contributed by atoms with van der Waals surface area (Å²) in [5.41, 5.74) is -0.0238. The van der Waals surface area contributed by atoms with Crippen molar-refractivity contribution in [2.75, 3.05) is 33.3 Å². The van der Waals surface area contributed by atoms with Crippen LogP contribution in [0.5, 0.6) is 0 Å². The van der Waals surface area contributed by atoms with E-state index in [0.29, 0.717) is 6.04 Å². The first-order valence-electron chi connectivity index (χ1n) is 5.54. The molecule has 0 radical (unpaired) electrons. The number of hydrogen-bond acceptors (Lipinski definition) is 3. The number of methoxy groups -OCH3 is 1. The Bertz CT molecular complexity index is 171. The van der Waals surface area contributed by atoms with Gasteiger partial charge in [0.25, 0.3) is 0 Å². The fraction of sp³-hybridized carbons (Fsp3) is 1.00. The fourth-order valence-electron chi connectivity index (χ4n) is 1.94. The van der Waals surface area contributed by atoms with Crippen molar-refractivity contribution in [3.05, 3.63) is 0 Å². The molecule has 0 aromatic carbocycles. The van der Waals surface area contributed by atoms with E-state index in [1.54, 1.807) is 7.11 Å². The second-order valence-electron chi connectivity index (χ2n) is 4.91. The first-order chi connectivity index (χ1) is 6.53. The summed E-state index contributed by atoms with van der Waals surface area (Å²) in [6.45, 7) is 11.0. The molecule has 1 aliphatic rings. The third-order valence-electron chi connectivity index (χ3n) is 2.83. The van der Waals surface area contributed by atoms with Gasteiger partial charge in [0.05, 0.1) is 5.60 Å². The maximum absolute atomic E-state index is 5.45. The van der Waals surface area contributed by atoms with Crippen LogP contribution in [0, 0.1) is 0 Å². The molecule has 0 aromatic heterocycles. The fourth-order valence-corrected chi connectivity index (χ4v) is 1.94. The lowest BCUT2D eigenvalue weighted by atomic mass is 10.1.